The van der Waals surface area contributed by atoms with Gasteiger partial charge in [0.1, 0.15) is 0 Å². The van der Waals surface area contributed by atoms with E-state index in [0.29, 0.717) is 0 Å². The number of rotatable bonds is 1. The molecule has 1 rings (SSSR count). The minimum atomic E-state index is -0.212. The molecule has 0 saturated heterocycles. The first kappa shape index (κ1) is 17.3. The van der Waals surface area contributed by atoms with E-state index >= 15 is 0 Å². The van der Waals surface area contributed by atoms with Crippen molar-refractivity contribution < 1.29 is 0 Å². The molecule has 1 aromatic carbocycles. The Hall–Kier alpha value is 1.87. The van der Waals surface area contributed by atoms with E-state index in [0.717, 1.165) is 0 Å². The van der Waals surface area contributed by atoms with Crippen molar-refractivity contribution in [2.45, 2.75) is 23.0 Å². The molecule has 0 atom stereocenters. The molecule has 0 heterocycles. The zero-order chi connectivity index (χ0) is 9.40. The predicted octanol–water partition coefficient (Wildman–Crippen LogP) is 2.05. The van der Waals surface area contributed by atoms with Gasteiger partial charge >= 0.3 is 31.0 Å². The van der Waals surface area contributed by atoms with Gasteiger partial charge in [-0.25, -0.2) is 0 Å². The third-order valence-electron chi connectivity index (χ3n) is 1.35. The van der Waals surface area contributed by atoms with E-state index in [1.54, 1.807) is 0 Å². The maximum Gasteiger partial charge on any atom is 0 e. The van der Waals surface area contributed by atoms with Crippen molar-refractivity contribution in [2.75, 3.05) is 0 Å². The van der Waals surface area contributed by atoms with E-state index in [2.05, 4.69) is 53.3 Å². The van der Waals surface area contributed by atoms with Gasteiger partial charge in [0.25, 0.3) is 0 Å². The molecule has 0 unspecified atom stereocenters. The van der Waals surface area contributed by atoms with Crippen LogP contribution >= 0.6 is 0 Å². The molecule has 4 radical (unpaired) electrons. The van der Waals surface area contributed by atoms with Crippen molar-refractivity contribution in [1.29, 1.82) is 0 Å². The minimum Gasteiger partial charge on any atom is 0 e. The third-order valence-corrected chi connectivity index (χ3v) is 2.84. The van der Waals surface area contributed by atoms with Gasteiger partial charge in [-0.15, -0.1) is 0 Å². The van der Waals surface area contributed by atoms with Crippen LogP contribution in [0.3, 0.4) is 0 Å². The van der Waals surface area contributed by atoms with Crippen molar-refractivity contribution >= 4 is 86.5 Å². The van der Waals surface area contributed by atoms with Crippen molar-refractivity contribution in [3.63, 3.8) is 0 Å². The van der Waals surface area contributed by atoms with Crippen molar-refractivity contribution in [3.05, 3.63) is 30.3 Å². The molecule has 0 spiro atoms. The zero-order valence-electron chi connectivity index (χ0n) is 9.39. The van der Waals surface area contributed by atoms with Crippen LogP contribution < -0.4 is 5.19 Å². The summed E-state index contributed by atoms with van der Waals surface area (Å²) in [4.78, 5) is 4.59. The van der Waals surface area contributed by atoms with Crippen LogP contribution in [0.4, 0.5) is 0 Å². The van der Waals surface area contributed by atoms with Crippen LogP contribution in [0, 0.1) is 0 Å². The molecule has 0 fully saturated rings. The third kappa shape index (κ3) is 10.2. The van der Waals surface area contributed by atoms with Gasteiger partial charge in [0.05, 0.1) is 8.80 Å². The first-order valence-electron chi connectivity index (χ1n) is 4.16. The molecule has 3 heteroatoms. The molecule has 0 amide bonds. The summed E-state index contributed by atoms with van der Waals surface area (Å²) in [6, 6.07) is 10.7. The summed E-state index contributed by atoms with van der Waals surface area (Å²) < 4.78 is 0. The quantitative estimate of drug-likeness (QED) is 0.694. The molecule has 1 aromatic rings. The standard InChI is InChI=1S/C8H11Si.2CH3.K.Sn/c1-9(2)8-6-4-3-5-7-8;;;;/h3-7H,1-2H3;2*1H3;;. The molecule has 66 valence electrons. The van der Waals surface area contributed by atoms with E-state index in [4.69, 9.17) is 0 Å². The summed E-state index contributed by atoms with van der Waals surface area (Å²) in [5, 5.41) is 1.52. The predicted molar refractivity (Wildman–Crippen MR) is 66.8 cm³/mol. The van der Waals surface area contributed by atoms with E-state index in [1.807, 2.05) is 0 Å². The Kier molecular flexibility index (Phi) is 15.9. The fraction of sp³-hybridized carbons (Fsp3) is 0.400. The Balaban J connectivity index is 0. The second-order valence-electron chi connectivity index (χ2n) is 2.87. The van der Waals surface area contributed by atoms with Crippen LogP contribution in [0.5, 0.6) is 0 Å². The SMILES string of the molecule is C[Si](C)c1ccccc1.[CH3][Sn][CH3].[K]. The minimum absolute atomic E-state index is 0. The second-order valence-corrected chi connectivity index (χ2v) is 8.30. The summed E-state index contributed by atoms with van der Waals surface area (Å²) in [7, 11) is -0.212. The zero-order valence-corrected chi connectivity index (χ0v) is 16.4. The smallest absolute Gasteiger partial charge is 0 e. The van der Waals surface area contributed by atoms with E-state index in [-0.39, 0.29) is 81.3 Å². The summed E-state index contributed by atoms with van der Waals surface area (Å²) in [5.41, 5.74) is 0. The van der Waals surface area contributed by atoms with E-state index in [9.17, 15) is 0 Å². The summed E-state index contributed by atoms with van der Waals surface area (Å²) in [5.74, 6) is 0. The van der Waals surface area contributed by atoms with Crippen LogP contribution in [0.2, 0.25) is 23.0 Å². The molecule has 0 N–H and O–H groups in total. The fourth-order valence-electron chi connectivity index (χ4n) is 0.771. The molecule has 0 aliphatic rings. The molecule has 0 aliphatic heterocycles. The topological polar surface area (TPSA) is 0 Å². The van der Waals surface area contributed by atoms with Gasteiger partial charge in [0.15, 0.2) is 0 Å². The number of hydrogen-bond donors (Lipinski definition) is 0. The fourth-order valence-corrected chi connectivity index (χ4v) is 1.63. The Bertz CT molecular complexity index is 189. The van der Waals surface area contributed by atoms with E-state index in [1.165, 1.54) is 5.19 Å². The summed E-state index contributed by atoms with van der Waals surface area (Å²) >= 11 is 0.230. The number of benzene rings is 1. The van der Waals surface area contributed by atoms with Gasteiger partial charge in [-0.3, -0.25) is 0 Å². The molecular weight excluding hydrogens is 306 g/mol. The second kappa shape index (κ2) is 11.9. The molecule has 0 saturated carbocycles. The molecule has 0 bridgehead atoms. The van der Waals surface area contributed by atoms with Crippen LogP contribution in [0.15, 0.2) is 30.3 Å². The average Bonchev–Trinajstić information content (AvgIpc) is 2.07. The molecule has 0 nitrogen and oxygen atoms in total. The molecule has 0 aliphatic carbocycles. The summed E-state index contributed by atoms with van der Waals surface area (Å²) in [6.07, 6.45) is 0. The van der Waals surface area contributed by atoms with E-state index < -0.39 is 0 Å². The van der Waals surface area contributed by atoms with Crippen molar-refractivity contribution in [2.24, 2.45) is 0 Å². The van der Waals surface area contributed by atoms with Gasteiger partial charge in [-0.05, 0) is 0 Å². The monoisotopic (exact) mass is 324 g/mol. The van der Waals surface area contributed by atoms with Crippen LogP contribution in [-0.4, -0.2) is 81.3 Å². The Morgan fingerprint density at radius 3 is 1.62 bits per heavy atom. The normalized spacial score (nSPS) is 8.38. The maximum absolute atomic E-state index is 2.31. The average molecular weight is 323 g/mol. The van der Waals surface area contributed by atoms with Gasteiger partial charge < -0.3 is 0 Å². The molecule has 0 aromatic heterocycles. The largest absolute Gasteiger partial charge is 0 e. The van der Waals surface area contributed by atoms with Gasteiger partial charge in [-0.1, -0.05) is 48.6 Å². The Morgan fingerprint density at radius 2 is 1.38 bits per heavy atom. The van der Waals surface area contributed by atoms with Crippen LogP contribution in [-0.2, 0) is 0 Å². The van der Waals surface area contributed by atoms with Crippen molar-refractivity contribution in [1.82, 2.24) is 0 Å². The van der Waals surface area contributed by atoms with Gasteiger partial charge in [-0.2, -0.15) is 0 Å². The molecular formula is C10H17KSiSn. The molecule has 13 heavy (non-hydrogen) atoms. The Morgan fingerprint density at radius 1 is 1.00 bits per heavy atom. The van der Waals surface area contributed by atoms with Crippen molar-refractivity contribution in [3.8, 4) is 0 Å². The van der Waals surface area contributed by atoms with Crippen LogP contribution in [0.25, 0.3) is 0 Å². The van der Waals surface area contributed by atoms with Gasteiger partial charge in [0, 0.05) is 51.4 Å². The Labute approximate surface area is 137 Å². The number of hydrogen-bond acceptors (Lipinski definition) is 0. The maximum atomic E-state index is 2.31. The summed E-state index contributed by atoms with van der Waals surface area (Å²) in [6.45, 7) is 4.61. The van der Waals surface area contributed by atoms with Gasteiger partial charge in [0.2, 0.25) is 0 Å². The first-order valence-corrected chi connectivity index (χ1v) is 12.4. The first-order chi connectivity index (χ1) is 5.72. The van der Waals surface area contributed by atoms with Crippen LogP contribution in [0.1, 0.15) is 0 Å².